The van der Waals surface area contributed by atoms with Gasteiger partial charge in [-0.25, -0.2) is 4.79 Å². The lowest BCUT2D eigenvalue weighted by Crippen LogP contribution is -2.41. The number of carbonyl (C=O) groups excluding carboxylic acids is 1. The Hall–Kier alpha value is -4.34. The van der Waals surface area contributed by atoms with Gasteiger partial charge in [0.15, 0.2) is 5.69 Å². The first-order chi connectivity index (χ1) is 16.8. The lowest BCUT2D eigenvalue weighted by Gasteiger charge is -2.19. The molecule has 4 rings (SSSR count). The third-order valence-electron chi connectivity index (χ3n) is 5.74. The Morgan fingerprint density at radius 2 is 1.77 bits per heavy atom. The molecule has 4 aromatic rings. The summed E-state index contributed by atoms with van der Waals surface area (Å²) in [5.74, 6) is 0.0510. The summed E-state index contributed by atoms with van der Waals surface area (Å²) in [6, 6.07) is 14.8. The molecule has 0 aliphatic carbocycles. The van der Waals surface area contributed by atoms with Crippen LogP contribution in [0.15, 0.2) is 62.6 Å². The van der Waals surface area contributed by atoms with Crippen LogP contribution in [0.4, 0.5) is 5.69 Å². The molecule has 2 aromatic carbocycles. The number of hydrogen-bond donors (Lipinski definition) is 0. The van der Waals surface area contributed by atoms with Crippen LogP contribution in [0.5, 0.6) is 0 Å². The molecule has 0 saturated carbocycles. The first-order valence-corrected chi connectivity index (χ1v) is 11.3. The van der Waals surface area contributed by atoms with Gasteiger partial charge >= 0.3 is 5.69 Å². The number of rotatable bonds is 7. The molecule has 0 spiro atoms. The van der Waals surface area contributed by atoms with Crippen molar-refractivity contribution in [1.82, 2.24) is 24.5 Å². The van der Waals surface area contributed by atoms with Crippen molar-refractivity contribution in [1.29, 1.82) is 0 Å². The average molecular weight is 475 g/mol. The van der Waals surface area contributed by atoms with Crippen molar-refractivity contribution in [3.63, 3.8) is 0 Å². The van der Waals surface area contributed by atoms with Crippen LogP contribution in [0.3, 0.4) is 0 Å². The maximum atomic E-state index is 12.9. The monoisotopic (exact) mass is 474 g/mol. The van der Waals surface area contributed by atoms with Gasteiger partial charge in [0.2, 0.25) is 17.6 Å². The van der Waals surface area contributed by atoms with Gasteiger partial charge in [-0.2, -0.15) is 14.8 Å². The smallest absolute Gasteiger partial charge is 0.339 e. The summed E-state index contributed by atoms with van der Waals surface area (Å²) in [7, 11) is 1.72. The Labute approximate surface area is 201 Å². The van der Waals surface area contributed by atoms with Gasteiger partial charge in [0, 0.05) is 32.1 Å². The van der Waals surface area contributed by atoms with E-state index >= 15 is 0 Å². The van der Waals surface area contributed by atoms with Gasteiger partial charge in [-0.1, -0.05) is 41.1 Å². The van der Waals surface area contributed by atoms with Crippen molar-refractivity contribution in [3.8, 4) is 17.2 Å². The molecule has 2 aromatic heterocycles. The number of para-hydroxylation sites is 1. The van der Waals surface area contributed by atoms with Crippen molar-refractivity contribution in [2.45, 2.75) is 40.2 Å². The lowest BCUT2D eigenvalue weighted by atomic mass is 10.1. The van der Waals surface area contributed by atoms with Crippen LogP contribution in [0.25, 0.3) is 17.2 Å². The molecule has 0 aliphatic heterocycles. The normalized spacial score (nSPS) is 11.0. The van der Waals surface area contributed by atoms with Gasteiger partial charge in [-0.05, 0) is 44.5 Å². The van der Waals surface area contributed by atoms with Gasteiger partial charge in [-0.15, -0.1) is 0 Å². The summed E-state index contributed by atoms with van der Waals surface area (Å²) in [6.45, 7) is 5.73. The maximum Gasteiger partial charge on any atom is 0.352 e. The third kappa shape index (κ3) is 4.81. The molecule has 0 bridgehead atoms. The molecule has 1 amide bonds. The Balaban J connectivity index is 1.59. The summed E-state index contributed by atoms with van der Waals surface area (Å²) in [5.41, 5.74) is 2.08. The predicted molar refractivity (Wildman–Crippen MR) is 131 cm³/mol. The molecule has 35 heavy (non-hydrogen) atoms. The minimum absolute atomic E-state index is 0.0345. The van der Waals surface area contributed by atoms with E-state index in [0.29, 0.717) is 5.69 Å². The highest BCUT2D eigenvalue weighted by Crippen LogP contribution is 2.19. The second-order valence-corrected chi connectivity index (χ2v) is 8.18. The number of amides is 1. The van der Waals surface area contributed by atoms with Crippen molar-refractivity contribution < 1.29 is 9.32 Å². The number of benzene rings is 2. The van der Waals surface area contributed by atoms with Crippen LogP contribution in [-0.4, -0.2) is 37.4 Å². The highest BCUT2D eigenvalue weighted by Gasteiger charge is 2.21. The second kappa shape index (κ2) is 9.88. The van der Waals surface area contributed by atoms with E-state index in [1.54, 1.807) is 31.0 Å². The van der Waals surface area contributed by atoms with E-state index in [9.17, 15) is 14.4 Å². The molecule has 0 saturated heterocycles. The van der Waals surface area contributed by atoms with E-state index in [1.165, 1.54) is 0 Å². The van der Waals surface area contributed by atoms with Gasteiger partial charge in [0.05, 0.1) is 5.69 Å². The molecule has 0 unspecified atom stereocenters. The fourth-order valence-electron chi connectivity index (χ4n) is 3.70. The van der Waals surface area contributed by atoms with Crippen LogP contribution in [-0.2, 0) is 17.8 Å². The zero-order chi connectivity index (χ0) is 25.1. The van der Waals surface area contributed by atoms with Crippen LogP contribution in [0.1, 0.15) is 30.4 Å². The summed E-state index contributed by atoms with van der Waals surface area (Å²) < 4.78 is 7.51. The maximum absolute atomic E-state index is 12.9. The number of aromatic nitrogens is 5. The SMILES string of the molecule is CCn1c(=O)c(-c2noc(CCC(=O)N(C)c3ccccc3C)n2)nn(-c2ccc(C)cc2)c1=O. The van der Waals surface area contributed by atoms with Gasteiger partial charge in [0.25, 0.3) is 5.56 Å². The third-order valence-corrected chi connectivity index (χ3v) is 5.74. The molecule has 0 N–H and O–H groups in total. The quantitative estimate of drug-likeness (QED) is 0.404. The Bertz CT molecular complexity index is 1480. The summed E-state index contributed by atoms with van der Waals surface area (Å²) >= 11 is 0. The molecular formula is C25H26N6O4. The van der Waals surface area contributed by atoms with E-state index in [2.05, 4.69) is 15.2 Å². The van der Waals surface area contributed by atoms with E-state index < -0.39 is 11.2 Å². The predicted octanol–water partition coefficient (Wildman–Crippen LogP) is 2.68. The number of anilines is 1. The molecule has 0 fully saturated rings. The number of nitrogens with zero attached hydrogens (tertiary/aromatic N) is 6. The van der Waals surface area contributed by atoms with Crippen molar-refractivity contribution >= 4 is 11.6 Å². The fraction of sp³-hybridized carbons (Fsp3) is 0.280. The van der Waals surface area contributed by atoms with Crippen LogP contribution >= 0.6 is 0 Å². The van der Waals surface area contributed by atoms with E-state index in [-0.39, 0.29) is 42.7 Å². The summed E-state index contributed by atoms with van der Waals surface area (Å²) in [5, 5.41) is 8.14. The number of aryl methyl sites for hydroxylation is 3. The van der Waals surface area contributed by atoms with Gasteiger partial charge in [-0.3, -0.25) is 14.2 Å². The minimum atomic E-state index is -0.608. The Kier molecular flexibility index (Phi) is 6.72. The molecule has 10 nitrogen and oxygen atoms in total. The first-order valence-electron chi connectivity index (χ1n) is 11.3. The second-order valence-electron chi connectivity index (χ2n) is 8.18. The van der Waals surface area contributed by atoms with Gasteiger partial charge < -0.3 is 9.42 Å². The van der Waals surface area contributed by atoms with Crippen LogP contribution in [0.2, 0.25) is 0 Å². The molecule has 10 heteroatoms. The molecule has 0 aliphatic rings. The van der Waals surface area contributed by atoms with E-state index in [0.717, 1.165) is 26.1 Å². The molecular weight excluding hydrogens is 448 g/mol. The van der Waals surface area contributed by atoms with E-state index in [4.69, 9.17) is 4.52 Å². The molecule has 2 heterocycles. The fourth-order valence-corrected chi connectivity index (χ4v) is 3.70. The lowest BCUT2D eigenvalue weighted by molar-refractivity contribution is -0.118. The first kappa shape index (κ1) is 23.8. The minimum Gasteiger partial charge on any atom is -0.339 e. The Morgan fingerprint density at radius 1 is 1.06 bits per heavy atom. The average Bonchev–Trinajstić information content (AvgIpc) is 3.32. The van der Waals surface area contributed by atoms with Gasteiger partial charge in [0.1, 0.15) is 0 Å². The number of carbonyl (C=O) groups is 1. The highest BCUT2D eigenvalue weighted by molar-refractivity contribution is 5.93. The Morgan fingerprint density at radius 3 is 2.46 bits per heavy atom. The zero-order valence-electron chi connectivity index (χ0n) is 20.1. The number of hydrogen-bond acceptors (Lipinski definition) is 7. The van der Waals surface area contributed by atoms with Crippen LogP contribution < -0.4 is 16.1 Å². The highest BCUT2D eigenvalue weighted by atomic mass is 16.5. The van der Waals surface area contributed by atoms with Crippen molar-refractivity contribution in [2.75, 3.05) is 11.9 Å². The standard InChI is InChI=1S/C25H26N6O4/c1-5-30-24(33)22(27-31(25(30)34)18-12-10-16(2)11-13-18)23-26-20(35-28-23)14-15-21(32)29(4)19-9-7-6-8-17(19)3/h6-13H,5,14-15H2,1-4H3. The van der Waals surface area contributed by atoms with Crippen molar-refractivity contribution in [3.05, 3.63) is 86.4 Å². The molecule has 0 radical (unpaired) electrons. The zero-order valence-corrected chi connectivity index (χ0v) is 20.1. The van der Waals surface area contributed by atoms with E-state index in [1.807, 2.05) is 50.2 Å². The van der Waals surface area contributed by atoms with Crippen LogP contribution in [0, 0.1) is 13.8 Å². The largest absolute Gasteiger partial charge is 0.352 e. The summed E-state index contributed by atoms with van der Waals surface area (Å²) in [6.07, 6.45) is 0.337. The van der Waals surface area contributed by atoms with Crippen molar-refractivity contribution in [2.24, 2.45) is 0 Å². The molecule has 180 valence electrons. The molecule has 0 atom stereocenters. The summed E-state index contributed by atoms with van der Waals surface area (Å²) in [4.78, 5) is 44.3. The topological polar surface area (TPSA) is 116 Å².